The molecule has 0 bridgehead atoms. The van der Waals surface area contributed by atoms with Crippen molar-refractivity contribution in [3.05, 3.63) is 29.8 Å². The van der Waals surface area contributed by atoms with Crippen molar-refractivity contribution in [2.75, 3.05) is 27.3 Å². The SMILES string of the molecule is COc1cccc(CN(C)C(=O)[C@H]2NCCO[C@@H]2C)c1.Cl. The molecule has 118 valence electrons. The van der Waals surface area contributed by atoms with Gasteiger partial charge in [-0.1, -0.05) is 12.1 Å². The number of nitrogens with one attached hydrogen (secondary N) is 1. The average molecular weight is 315 g/mol. The van der Waals surface area contributed by atoms with Crippen LogP contribution in [-0.2, 0) is 16.1 Å². The molecule has 1 aliphatic rings. The zero-order valence-electron chi connectivity index (χ0n) is 12.7. The molecule has 5 nitrogen and oxygen atoms in total. The molecule has 1 heterocycles. The molecule has 1 aromatic rings. The van der Waals surface area contributed by atoms with E-state index in [1.54, 1.807) is 12.0 Å². The molecule has 1 aromatic carbocycles. The standard InChI is InChI=1S/C15H22N2O3.ClH/c1-11-14(16-7-8-20-11)15(18)17(2)10-12-5-4-6-13(9-12)19-3;/h4-6,9,11,14,16H,7-8,10H2,1-3H3;1H/t11-,14+;/m1./s1. The second kappa shape index (κ2) is 8.22. The number of hydrogen-bond donors (Lipinski definition) is 1. The van der Waals surface area contributed by atoms with E-state index in [1.807, 2.05) is 38.2 Å². The largest absolute Gasteiger partial charge is 0.497 e. The number of carbonyl (C=O) groups is 1. The highest BCUT2D eigenvalue weighted by atomic mass is 35.5. The summed E-state index contributed by atoms with van der Waals surface area (Å²) >= 11 is 0. The van der Waals surface area contributed by atoms with Crippen molar-refractivity contribution in [3.63, 3.8) is 0 Å². The molecule has 21 heavy (non-hydrogen) atoms. The number of halogens is 1. The Kier molecular flexibility index (Phi) is 6.95. The summed E-state index contributed by atoms with van der Waals surface area (Å²) in [5.41, 5.74) is 1.05. The predicted molar refractivity (Wildman–Crippen MR) is 83.9 cm³/mol. The summed E-state index contributed by atoms with van der Waals surface area (Å²) in [6, 6.07) is 7.49. The summed E-state index contributed by atoms with van der Waals surface area (Å²) in [6.07, 6.45) is -0.0935. The number of nitrogens with zero attached hydrogens (tertiary/aromatic N) is 1. The van der Waals surface area contributed by atoms with Crippen LogP contribution in [0, 0.1) is 0 Å². The number of amides is 1. The maximum Gasteiger partial charge on any atom is 0.242 e. The van der Waals surface area contributed by atoms with Gasteiger partial charge in [-0.25, -0.2) is 0 Å². The van der Waals surface area contributed by atoms with E-state index in [0.29, 0.717) is 19.7 Å². The molecule has 0 saturated carbocycles. The average Bonchev–Trinajstić information content (AvgIpc) is 2.47. The van der Waals surface area contributed by atoms with E-state index in [1.165, 1.54) is 0 Å². The third-order valence-electron chi connectivity index (χ3n) is 3.51. The highest BCUT2D eigenvalue weighted by Crippen LogP contribution is 2.15. The Balaban J connectivity index is 0.00000220. The van der Waals surface area contributed by atoms with Gasteiger partial charge in [-0.3, -0.25) is 4.79 Å². The lowest BCUT2D eigenvalue weighted by molar-refractivity contribution is -0.138. The molecule has 0 spiro atoms. The molecule has 6 heteroatoms. The van der Waals surface area contributed by atoms with Crippen molar-refractivity contribution in [1.29, 1.82) is 0 Å². The normalized spacial score (nSPS) is 21.3. The van der Waals surface area contributed by atoms with Crippen LogP contribution in [-0.4, -0.2) is 50.3 Å². The smallest absolute Gasteiger partial charge is 0.242 e. The second-order valence-electron chi connectivity index (χ2n) is 5.05. The number of carbonyl (C=O) groups excluding carboxylic acids is 1. The Hall–Kier alpha value is -1.30. The summed E-state index contributed by atoms with van der Waals surface area (Å²) in [6.45, 7) is 3.85. The fraction of sp³-hybridized carbons (Fsp3) is 0.533. The van der Waals surface area contributed by atoms with Crippen molar-refractivity contribution in [2.24, 2.45) is 0 Å². The third kappa shape index (κ3) is 4.59. The van der Waals surface area contributed by atoms with Gasteiger partial charge in [0.1, 0.15) is 11.8 Å². The molecule has 1 fully saturated rings. The molecule has 0 radical (unpaired) electrons. The maximum atomic E-state index is 12.4. The van der Waals surface area contributed by atoms with E-state index in [0.717, 1.165) is 11.3 Å². The van der Waals surface area contributed by atoms with Gasteiger partial charge in [0, 0.05) is 20.1 Å². The summed E-state index contributed by atoms with van der Waals surface area (Å²) in [7, 11) is 3.45. The molecule has 1 saturated heterocycles. The number of rotatable bonds is 4. The van der Waals surface area contributed by atoms with Crippen LogP contribution in [0.5, 0.6) is 5.75 Å². The first kappa shape index (κ1) is 17.8. The topological polar surface area (TPSA) is 50.8 Å². The Labute approximate surface area is 132 Å². The minimum absolute atomic E-state index is 0. The lowest BCUT2D eigenvalue weighted by Gasteiger charge is -2.32. The van der Waals surface area contributed by atoms with Gasteiger partial charge in [0.25, 0.3) is 0 Å². The van der Waals surface area contributed by atoms with Gasteiger partial charge in [0.15, 0.2) is 0 Å². The van der Waals surface area contributed by atoms with Crippen molar-refractivity contribution in [3.8, 4) is 5.75 Å². The quantitative estimate of drug-likeness (QED) is 0.914. The van der Waals surface area contributed by atoms with E-state index in [2.05, 4.69) is 5.32 Å². The van der Waals surface area contributed by atoms with Crippen LogP contribution >= 0.6 is 12.4 Å². The van der Waals surface area contributed by atoms with Crippen molar-refractivity contribution in [2.45, 2.75) is 25.6 Å². The Morgan fingerprint density at radius 2 is 2.29 bits per heavy atom. The molecular formula is C15H23ClN2O3. The summed E-state index contributed by atoms with van der Waals surface area (Å²) in [4.78, 5) is 14.1. The van der Waals surface area contributed by atoms with Gasteiger partial charge in [-0.15, -0.1) is 12.4 Å². The van der Waals surface area contributed by atoms with Crippen LogP contribution in [0.15, 0.2) is 24.3 Å². The third-order valence-corrected chi connectivity index (χ3v) is 3.51. The van der Waals surface area contributed by atoms with Gasteiger partial charge in [0.2, 0.25) is 5.91 Å². The lowest BCUT2D eigenvalue weighted by atomic mass is 10.1. The van der Waals surface area contributed by atoms with Crippen LogP contribution in [0.4, 0.5) is 0 Å². The molecule has 1 amide bonds. The molecule has 2 atom stereocenters. The molecule has 1 N–H and O–H groups in total. The van der Waals surface area contributed by atoms with Crippen molar-refractivity contribution < 1.29 is 14.3 Å². The van der Waals surface area contributed by atoms with E-state index < -0.39 is 0 Å². The van der Waals surface area contributed by atoms with Crippen molar-refractivity contribution >= 4 is 18.3 Å². The lowest BCUT2D eigenvalue weighted by Crippen LogP contribution is -2.55. The minimum Gasteiger partial charge on any atom is -0.497 e. The van der Waals surface area contributed by atoms with Gasteiger partial charge in [-0.2, -0.15) is 0 Å². The van der Waals surface area contributed by atoms with Crippen molar-refractivity contribution in [1.82, 2.24) is 10.2 Å². The Morgan fingerprint density at radius 1 is 1.52 bits per heavy atom. The van der Waals surface area contributed by atoms with E-state index in [4.69, 9.17) is 9.47 Å². The summed E-state index contributed by atoms with van der Waals surface area (Å²) in [5.74, 6) is 0.857. The number of hydrogen-bond acceptors (Lipinski definition) is 4. The van der Waals surface area contributed by atoms with Crippen LogP contribution in [0.1, 0.15) is 12.5 Å². The van der Waals surface area contributed by atoms with E-state index in [-0.39, 0.29) is 30.5 Å². The second-order valence-corrected chi connectivity index (χ2v) is 5.05. The monoisotopic (exact) mass is 314 g/mol. The maximum absolute atomic E-state index is 12.4. The van der Waals surface area contributed by atoms with Gasteiger partial charge in [-0.05, 0) is 24.6 Å². The molecule has 0 unspecified atom stereocenters. The molecular weight excluding hydrogens is 292 g/mol. The van der Waals surface area contributed by atoms with Gasteiger partial charge >= 0.3 is 0 Å². The fourth-order valence-electron chi connectivity index (χ4n) is 2.37. The van der Waals surface area contributed by atoms with Gasteiger partial charge in [0.05, 0.1) is 19.8 Å². The molecule has 2 rings (SSSR count). The zero-order valence-corrected chi connectivity index (χ0v) is 13.5. The molecule has 1 aliphatic heterocycles. The number of benzene rings is 1. The van der Waals surface area contributed by atoms with Crippen LogP contribution in [0.3, 0.4) is 0 Å². The zero-order chi connectivity index (χ0) is 14.5. The fourth-order valence-corrected chi connectivity index (χ4v) is 2.37. The highest BCUT2D eigenvalue weighted by Gasteiger charge is 2.30. The first-order chi connectivity index (χ1) is 9.61. The Morgan fingerprint density at radius 3 is 2.95 bits per heavy atom. The predicted octanol–water partition coefficient (Wildman–Crippen LogP) is 1.45. The van der Waals surface area contributed by atoms with Crippen LogP contribution in [0.2, 0.25) is 0 Å². The first-order valence-corrected chi connectivity index (χ1v) is 6.84. The number of morpholine rings is 1. The van der Waals surface area contributed by atoms with E-state index >= 15 is 0 Å². The van der Waals surface area contributed by atoms with Crippen LogP contribution in [0.25, 0.3) is 0 Å². The number of methoxy groups -OCH3 is 1. The molecule has 0 aliphatic carbocycles. The number of ether oxygens (including phenoxy) is 2. The minimum atomic E-state index is -0.264. The van der Waals surface area contributed by atoms with E-state index in [9.17, 15) is 4.79 Å². The van der Waals surface area contributed by atoms with Crippen LogP contribution < -0.4 is 10.1 Å². The highest BCUT2D eigenvalue weighted by molar-refractivity contribution is 5.85. The van der Waals surface area contributed by atoms with Gasteiger partial charge < -0.3 is 19.7 Å². The molecule has 0 aromatic heterocycles. The summed E-state index contributed by atoms with van der Waals surface area (Å²) in [5, 5.41) is 3.22. The number of likely N-dealkylation sites (N-methyl/N-ethyl adjacent to an activating group) is 1. The Bertz CT molecular complexity index is 470. The first-order valence-electron chi connectivity index (χ1n) is 6.84. The summed E-state index contributed by atoms with van der Waals surface area (Å²) < 4.78 is 10.7.